The lowest BCUT2D eigenvalue weighted by Gasteiger charge is -1.99. The summed E-state index contributed by atoms with van der Waals surface area (Å²) in [7, 11) is 0. The van der Waals surface area contributed by atoms with Crippen LogP contribution in [0, 0.1) is 0 Å². The van der Waals surface area contributed by atoms with Crippen LogP contribution in [0.1, 0.15) is 10.6 Å². The highest BCUT2D eigenvalue weighted by Crippen LogP contribution is 2.14. The van der Waals surface area contributed by atoms with E-state index in [2.05, 4.69) is 15.3 Å². The van der Waals surface area contributed by atoms with E-state index in [-0.39, 0.29) is 11.0 Å². The average molecular weight is 224 g/mol. The molecule has 0 aliphatic heterocycles. The van der Waals surface area contributed by atoms with Gasteiger partial charge in [-0.3, -0.25) is 9.78 Å². The minimum atomic E-state index is -0.414. The van der Waals surface area contributed by atoms with Crippen molar-refractivity contribution in [2.45, 2.75) is 0 Å². The van der Waals surface area contributed by atoms with Gasteiger partial charge in [-0.25, -0.2) is 4.98 Å². The number of nitrogens with one attached hydrogen (secondary N) is 1. The van der Waals surface area contributed by atoms with Gasteiger partial charge in [0.05, 0.1) is 6.20 Å². The molecule has 0 unspecified atom stereocenters. The van der Waals surface area contributed by atoms with Gasteiger partial charge in [0.25, 0.3) is 5.91 Å². The third-order valence-electron chi connectivity index (χ3n) is 1.60. The Balaban J connectivity index is 2.11. The summed E-state index contributed by atoms with van der Waals surface area (Å²) in [5.41, 5.74) is 0. The standard InChI is InChI=1S/C9H6ClN3O2/c10-7-2-1-6(15-7)9(14)13-8-5-11-3-4-12-8/h1-5H,(H,12,13,14). The highest BCUT2D eigenvalue weighted by atomic mass is 35.5. The van der Waals surface area contributed by atoms with Crippen LogP contribution in [0.4, 0.5) is 5.82 Å². The van der Waals surface area contributed by atoms with Crippen molar-refractivity contribution in [2.24, 2.45) is 0 Å². The monoisotopic (exact) mass is 223 g/mol. The molecule has 15 heavy (non-hydrogen) atoms. The van der Waals surface area contributed by atoms with Gasteiger partial charge in [0.1, 0.15) is 0 Å². The fraction of sp³-hybridized carbons (Fsp3) is 0. The molecule has 5 nitrogen and oxygen atoms in total. The fourth-order valence-electron chi connectivity index (χ4n) is 0.978. The number of rotatable bonds is 2. The van der Waals surface area contributed by atoms with Crippen LogP contribution in [-0.4, -0.2) is 15.9 Å². The van der Waals surface area contributed by atoms with Crippen molar-refractivity contribution in [3.8, 4) is 0 Å². The van der Waals surface area contributed by atoms with Gasteiger partial charge in [-0.2, -0.15) is 0 Å². The van der Waals surface area contributed by atoms with Gasteiger partial charge in [0, 0.05) is 12.4 Å². The van der Waals surface area contributed by atoms with E-state index in [0.717, 1.165) is 0 Å². The minimum absolute atomic E-state index is 0.130. The van der Waals surface area contributed by atoms with E-state index in [1.165, 1.54) is 30.7 Å². The zero-order valence-electron chi connectivity index (χ0n) is 7.48. The van der Waals surface area contributed by atoms with Crippen LogP contribution in [-0.2, 0) is 0 Å². The Morgan fingerprint density at radius 1 is 1.40 bits per heavy atom. The van der Waals surface area contributed by atoms with E-state index < -0.39 is 5.91 Å². The smallest absolute Gasteiger partial charge is 0.292 e. The molecule has 1 amide bonds. The normalized spacial score (nSPS) is 9.93. The molecule has 1 N–H and O–H groups in total. The molecule has 0 aliphatic rings. The number of hydrogen-bond donors (Lipinski definition) is 1. The summed E-state index contributed by atoms with van der Waals surface area (Å²) in [5, 5.41) is 2.67. The van der Waals surface area contributed by atoms with E-state index in [1.54, 1.807) is 0 Å². The van der Waals surface area contributed by atoms with Gasteiger partial charge in [-0.1, -0.05) is 0 Å². The molecule has 0 bridgehead atoms. The number of furan rings is 1. The fourth-order valence-corrected chi connectivity index (χ4v) is 1.12. The number of aromatic nitrogens is 2. The van der Waals surface area contributed by atoms with Crippen LogP contribution in [0.25, 0.3) is 0 Å². The van der Waals surface area contributed by atoms with Gasteiger partial charge >= 0.3 is 0 Å². The predicted octanol–water partition coefficient (Wildman–Crippen LogP) is 1.98. The first-order valence-electron chi connectivity index (χ1n) is 4.08. The Hall–Kier alpha value is -1.88. The van der Waals surface area contributed by atoms with Crippen LogP contribution in [0.2, 0.25) is 5.22 Å². The molecule has 2 aromatic heterocycles. The lowest BCUT2D eigenvalue weighted by molar-refractivity contribution is 0.0996. The van der Waals surface area contributed by atoms with Crippen molar-refractivity contribution in [2.75, 3.05) is 5.32 Å². The number of halogens is 1. The van der Waals surface area contributed by atoms with E-state index in [4.69, 9.17) is 16.0 Å². The summed E-state index contributed by atoms with van der Waals surface area (Å²) in [6.07, 6.45) is 4.42. The topological polar surface area (TPSA) is 68.0 Å². The SMILES string of the molecule is O=C(Nc1cnccn1)c1ccc(Cl)o1. The van der Waals surface area contributed by atoms with Crippen molar-refractivity contribution < 1.29 is 9.21 Å². The molecule has 0 saturated carbocycles. The molecule has 0 atom stereocenters. The lowest BCUT2D eigenvalue weighted by Crippen LogP contribution is -2.11. The number of carbonyl (C=O) groups is 1. The van der Waals surface area contributed by atoms with Gasteiger partial charge in [-0.15, -0.1) is 0 Å². The van der Waals surface area contributed by atoms with Crippen molar-refractivity contribution in [1.82, 2.24) is 9.97 Å². The third kappa shape index (κ3) is 2.32. The Morgan fingerprint density at radius 2 is 2.27 bits per heavy atom. The number of amides is 1. The molecule has 0 spiro atoms. The van der Waals surface area contributed by atoms with Crippen molar-refractivity contribution in [3.05, 3.63) is 41.7 Å². The molecule has 0 aromatic carbocycles. The first kappa shape index (κ1) is 9.67. The number of anilines is 1. The van der Waals surface area contributed by atoms with Gasteiger partial charge in [0.2, 0.25) is 0 Å². The maximum Gasteiger partial charge on any atom is 0.292 e. The molecule has 2 rings (SSSR count). The van der Waals surface area contributed by atoms with E-state index in [0.29, 0.717) is 5.82 Å². The Bertz CT molecular complexity index is 469. The molecule has 76 valence electrons. The van der Waals surface area contributed by atoms with Crippen molar-refractivity contribution in [1.29, 1.82) is 0 Å². The van der Waals surface area contributed by atoms with Crippen molar-refractivity contribution in [3.63, 3.8) is 0 Å². The summed E-state index contributed by atoms with van der Waals surface area (Å²) in [6.45, 7) is 0. The number of hydrogen-bond acceptors (Lipinski definition) is 4. The summed E-state index contributed by atoms with van der Waals surface area (Å²) in [4.78, 5) is 19.2. The summed E-state index contributed by atoms with van der Waals surface area (Å²) >= 11 is 5.53. The Kier molecular flexibility index (Phi) is 2.64. The van der Waals surface area contributed by atoms with Crippen LogP contribution in [0.15, 0.2) is 35.1 Å². The average Bonchev–Trinajstić information content (AvgIpc) is 2.66. The quantitative estimate of drug-likeness (QED) is 0.845. The molecule has 0 fully saturated rings. The second-order valence-electron chi connectivity index (χ2n) is 2.65. The molecule has 0 aliphatic carbocycles. The molecular formula is C9H6ClN3O2. The lowest BCUT2D eigenvalue weighted by atomic mass is 10.4. The molecule has 2 heterocycles. The van der Waals surface area contributed by atoms with Crippen LogP contribution in [0.3, 0.4) is 0 Å². The van der Waals surface area contributed by atoms with E-state index in [9.17, 15) is 4.79 Å². The summed E-state index contributed by atoms with van der Waals surface area (Å²) in [6, 6.07) is 2.97. The maximum absolute atomic E-state index is 11.5. The van der Waals surface area contributed by atoms with Gasteiger partial charge in [0.15, 0.2) is 16.8 Å². The molecule has 6 heteroatoms. The largest absolute Gasteiger partial charge is 0.440 e. The van der Waals surface area contributed by atoms with Crippen LogP contribution < -0.4 is 5.32 Å². The van der Waals surface area contributed by atoms with Gasteiger partial charge in [-0.05, 0) is 23.7 Å². The minimum Gasteiger partial charge on any atom is -0.440 e. The molecule has 0 radical (unpaired) electrons. The summed E-state index contributed by atoms with van der Waals surface area (Å²) < 4.78 is 4.92. The zero-order valence-corrected chi connectivity index (χ0v) is 8.23. The Morgan fingerprint density at radius 3 is 2.87 bits per heavy atom. The highest BCUT2D eigenvalue weighted by molar-refractivity contribution is 6.29. The Labute approximate surface area is 90.1 Å². The van der Waals surface area contributed by atoms with E-state index >= 15 is 0 Å². The molecule has 0 saturated heterocycles. The van der Waals surface area contributed by atoms with Crippen LogP contribution in [0.5, 0.6) is 0 Å². The highest BCUT2D eigenvalue weighted by Gasteiger charge is 2.10. The van der Waals surface area contributed by atoms with Gasteiger partial charge < -0.3 is 9.73 Å². The zero-order chi connectivity index (χ0) is 10.7. The first-order valence-corrected chi connectivity index (χ1v) is 4.46. The molecule has 2 aromatic rings. The van der Waals surface area contributed by atoms with E-state index in [1.807, 2.05) is 0 Å². The maximum atomic E-state index is 11.5. The number of carbonyl (C=O) groups excluding carboxylic acids is 1. The van der Waals surface area contributed by atoms with Crippen molar-refractivity contribution >= 4 is 23.3 Å². The third-order valence-corrected chi connectivity index (χ3v) is 1.80. The first-order chi connectivity index (χ1) is 7.25. The predicted molar refractivity (Wildman–Crippen MR) is 53.7 cm³/mol. The second kappa shape index (κ2) is 4.10. The number of nitrogens with zero attached hydrogens (tertiary/aromatic N) is 2. The summed E-state index contributed by atoms with van der Waals surface area (Å²) in [5.74, 6) is 0.0723. The molecular weight excluding hydrogens is 218 g/mol. The second-order valence-corrected chi connectivity index (χ2v) is 3.02. The van der Waals surface area contributed by atoms with Crippen LogP contribution >= 0.6 is 11.6 Å².